The summed E-state index contributed by atoms with van der Waals surface area (Å²) in [6.45, 7) is 0.897. The molecule has 2 heteroatoms. The van der Waals surface area contributed by atoms with Gasteiger partial charge in [-0.05, 0) is 24.8 Å². The van der Waals surface area contributed by atoms with Crippen LogP contribution in [-0.4, -0.2) is 24.4 Å². The summed E-state index contributed by atoms with van der Waals surface area (Å²) in [5.74, 6) is 0.271. The Morgan fingerprint density at radius 3 is 2.90 bits per heavy atom. The monoisotopic (exact) mass is 137 g/mol. The van der Waals surface area contributed by atoms with Crippen LogP contribution in [0.4, 0.5) is 0 Å². The zero-order valence-corrected chi connectivity index (χ0v) is 6.18. The first-order chi connectivity index (χ1) is 4.79. The van der Waals surface area contributed by atoms with Gasteiger partial charge < -0.3 is 4.90 Å². The lowest BCUT2D eigenvalue weighted by Crippen LogP contribution is -2.22. The van der Waals surface area contributed by atoms with Crippen LogP contribution < -0.4 is 0 Å². The highest BCUT2D eigenvalue weighted by atomic mass is 16.2. The van der Waals surface area contributed by atoms with Gasteiger partial charge >= 0.3 is 0 Å². The Hall–Kier alpha value is -0.790. The van der Waals surface area contributed by atoms with Crippen molar-refractivity contribution in [3.8, 4) is 0 Å². The van der Waals surface area contributed by atoms with Gasteiger partial charge in [-0.1, -0.05) is 0 Å². The van der Waals surface area contributed by atoms with Gasteiger partial charge in [0.05, 0.1) is 0 Å². The SMILES string of the molecule is CN1CC2=C(CCC2)C1=O. The molecule has 0 saturated heterocycles. The number of likely N-dealkylation sites (tertiary alicyclic amines) is 1. The largest absolute Gasteiger partial charge is 0.338 e. The maximum Gasteiger partial charge on any atom is 0.249 e. The van der Waals surface area contributed by atoms with Crippen molar-refractivity contribution in [2.24, 2.45) is 0 Å². The number of hydrogen-bond donors (Lipinski definition) is 0. The highest BCUT2D eigenvalue weighted by Crippen LogP contribution is 2.32. The summed E-state index contributed by atoms with van der Waals surface area (Å²) < 4.78 is 0. The first-order valence-electron chi connectivity index (χ1n) is 3.75. The molecule has 54 valence electrons. The van der Waals surface area contributed by atoms with E-state index < -0.39 is 0 Å². The summed E-state index contributed by atoms with van der Waals surface area (Å²) in [5.41, 5.74) is 2.51. The molecule has 0 bridgehead atoms. The normalized spacial score (nSPS) is 24.5. The number of amides is 1. The van der Waals surface area contributed by atoms with Gasteiger partial charge in [-0.3, -0.25) is 4.79 Å². The van der Waals surface area contributed by atoms with Crippen molar-refractivity contribution < 1.29 is 4.79 Å². The molecule has 10 heavy (non-hydrogen) atoms. The van der Waals surface area contributed by atoms with E-state index in [1.165, 1.54) is 12.0 Å². The van der Waals surface area contributed by atoms with Crippen molar-refractivity contribution in [3.05, 3.63) is 11.1 Å². The minimum atomic E-state index is 0.271. The van der Waals surface area contributed by atoms with Crippen LogP contribution in [0, 0.1) is 0 Å². The first-order valence-corrected chi connectivity index (χ1v) is 3.75. The Morgan fingerprint density at radius 1 is 1.40 bits per heavy atom. The summed E-state index contributed by atoms with van der Waals surface area (Å²) in [7, 11) is 1.88. The van der Waals surface area contributed by atoms with Crippen molar-refractivity contribution in [2.45, 2.75) is 19.3 Å². The fourth-order valence-corrected chi connectivity index (χ4v) is 1.83. The van der Waals surface area contributed by atoms with Crippen molar-refractivity contribution in [1.82, 2.24) is 4.90 Å². The van der Waals surface area contributed by atoms with Crippen LogP contribution in [0.15, 0.2) is 11.1 Å². The molecule has 0 N–H and O–H groups in total. The van der Waals surface area contributed by atoms with Gasteiger partial charge in [0.1, 0.15) is 0 Å². The summed E-state index contributed by atoms with van der Waals surface area (Å²) in [5, 5.41) is 0. The number of carbonyl (C=O) groups excluding carboxylic acids is 1. The maximum atomic E-state index is 11.3. The average molecular weight is 137 g/mol. The summed E-state index contributed by atoms with van der Waals surface area (Å²) >= 11 is 0. The molecular formula is C8H11NO. The number of likely N-dealkylation sites (N-methyl/N-ethyl adjacent to an activating group) is 1. The third kappa shape index (κ3) is 0.618. The van der Waals surface area contributed by atoms with Crippen molar-refractivity contribution in [3.63, 3.8) is 0 Å². The third-order valence-corrected chi connectivity index (χ3v) is 2.36. The van der Waals surface area contributed by atoms with Gasteiger partial charge in [0, 0.05) is 19.2 Å². The van der Waals surface area contributed by atoms with Gasteiger partial charge in [-0.25, -0.2) is 0 Å². The Bertz CT molecular complexity index is 217. The van der Waals surface area contributed by atoms with E-state index in [1.807, 2.05) is 11.9 Å². The summed E-state index contributed by atoms with van der Waals surface area (Å²) in [6, 6.07) is 0. The molecule has 2 rings (SSSR count). The second-order valence-electron chi connectivity index (χ2n) is 3.10. The molecule has 0 aromatic heterocycles. The minimum absolute atomic E-state index is 0.271. The first kappa shape index (κ1) is 5.96. The lowest BCUT2D eigenvalue weighted by molar-refractivity contribution is -0.124. The number of carbonyl (C=O) groups is 1. The van der Waals surface area contributed by atoms with Crippen LogP contribution in [0.3, 0.4) is 0 Å². The van der Waals surface area contributed by atoms with Crippen LogP contribution in [0.1, 0.15) is 19.3 Å². The van der Waals surface area contributed by atoms with E-state index in [2.05, 4.69) is 0 Å². The number of nitrogens with zero attached hydrogens (tertiary/aromatic N) is 1. The second kappa shape index (κ2) is 1.84. The molecule has 0 atom stereocenters. The molecule has 1 aliphatic carbocycles. The quantitative estimate of drug-likeness (QED) is 0.486. The van der Waals surface area contributed by atoms with Crippen molar-refractivity contribution >= 4 is 5.91 Å². The highest BCUT2D eigenvalue weighted by molar-refractivity contribution is 5.97. The van der Waals surface area contributed by atoms with Crippen molar-refractivity contribution in [2.75, 3.05) is 13.6 Å². The van der Waals surface area contributed by atoms with E-state index in [9.17, 15) is 4.79 Å². The molecule has 0 unspecified atom stereocenters. The Balaban J connectivity index is 2.30. The van der Waals surface area contributed by atoms with Crippen LogP contribution in [0.5, 0.6) is 0 Å². The van der Waals surface area contributed by atoms with Gasteiger partial charge in [0.2, 0.25) is 5.91 Å². The Morgan fingerprint density at radius 2 is 2.20 bits per heavy atom. The van der Waals surface area contributed by atoms with Gasteiger partial charge in [-0.15, -0.1) is 0 Å². The van der Waals surface area contributed by atoms with E-state index in [0.717, 1.165) is 25.0 Å². The third-order valence-electron chi connectivity index (χ3n) is 2.36. The molecule has 2 aliphatic rings. The maximum absolute atomic E-state index is 11.3. The van der Waals surface area contributed by atoms with Gasteiger partial charge in [-0.2, -0.15) is 0 Å². The highest BCUT2D eigenvalue weighted by Gasteiger charge is 2.29. The smallest absolute Gasteiger partial charge is 0.249 e. The van der Waals surface area contributed by atoms with E-state index in [-0.39, 0.29) is 5.91 Å². The molecule has 0 aromatic carbocycles. The van der Waals surface area contributed by atoms with Crippen LogP contribution >= 0.6 is 0 Å². The Kier molecular flexibility index (Phi) is 1.10. The molecule has 2 nitrogen and oxygen atoms in total. The second-order valence-corrected chi connectivity index (χ2v) is 3.10. The van der Waals surface area contributed by atoms with Gasteiger partial charge in [0.25, 0.3) is 0 Å². The van der Waals surface area contributed by atoms with E-state index in [1.54, 1.807) is 0 Å². The molecule has 0 saturated carbocycles. The minimum Gasteiger partial charge on any atom is -0.338 e. The zero-order valence-electron chi connectivity index (χ0n) is 6.18. The number of rotatable bonds is 0. The lowest BCUT2D eigenvalue weighted by atomic mass is 10.2. The summed E-state index contributed by atoms with van der Waals surface area (Å²) in [6.07, 6.45) is 3.38. The molecule has 1 amide bonds. The lowest BCUT2D eigenvalue weighted by Gasteiger charge is -2.09. The predicted octanol–water partition coefficient (Wildman–Crippen LogP) is 0.939. The molecule has 0 spiro atoms. The van der Waals surface area contributed by atoms with Crippen LogP contribution in [0.2, 0.25) is 0 Å². The molecule has 0 fully saturated rings. The predicted molar refractivity (Wildman–Crippen MR) is 38.5 cm³/mol. The standard InChI is InChI=1S/C8H11NO/c1-9-5-6-3-2-4-7(6)8(9)10/h2-5H2,1H3. The van der Waals surface area contributed by atoms with Crippen molar-refractivity contribution in [1.29, 1.82) is 0 Å². The van der Waals surface area contributed by atoms with E-state index >= 15 is 0 Å². The summed E-state index contributed by atoms with van der Waals surface area (Å²) in [4.78, 5) is 13.1. The average Bonchev–Trinajstić information content (AvgIpc) is 2.41. The number of hydrogen-bond acceptors (Lipinski definition) is 1. The molecule has 0 radical (unpaired) electrons. The zero-order chi connectivity index (χ0) is 7.14. The molecule has 1 aliphatic heterocycles. The van der Waals surface area contributed by atoms with Gasteiger partial charge in [0.15, 0.2) is 0 Å². The molecular weight excluding hydrogens is 126 g/mol. The van der Waals surface area contributed by atoms with E-state index in [0.29, 0.717) is 0 Å². The fourth-order valence-electron chi connectivity index (χ4n) is 1.83. The van der Waals surface area contributed by atoms with Crippen LogP contribution in [-0.2, 0) is 4.79 Å². The molecule has 1 heterocycles. The molecule has 0 aromatic rings. The fraction of sp³-hybridized carbons (Fsp3) is 0.625. The van der Waals surface area contributed by atoms with Crippen LogP contribution in [0.25, 0.3) is 0 Å². The van der Waals surface area contributed by atoms with E-state index in [4.69, 9.17) is 0 Å². The Labute approximate surface area is 60.5 Å². The topological polar surface area (TPSA) is 20.3 Å².